The van der Waals surface area contributed by atoms with Crippen molar-refractivity contribution in [3.63, 3.8) is 0 Å². The molecule has 0 aromatic carbocycles. The van der Waals surface area contributed by atoms with Crippen molar-refractivity contribution < 1.29 is 18.0 Å². The molecule has 1 saturated carbocycles. The van der Waals surface area contributed by atoms with Crippen LogP contribution in [0.5, 0.6) is 0 Å². The molecule has 0 aliphatic heterocycles. The van der Waals surface area contributed by atoms with Gasteiger partial charge in [-0.1, -0.05) is 0 Å². The predicted octanol–water partition coefficient (Wildman–Crippen LogP) is 2.20. The van der Waals surface area contributed by atoms with Crippen molar-refractivity contribution in [2.45, 2.75) is 18.8 Å². The van der Waals surface area contributed by atoms with Gasteiger partial charge >= 0.3 is 0 Å². The number of hydrogen-bond donors (Lipinski definition) is 1. The van der Waals surface area contributed by atoms with E-state index in [9.17, 15) is 18.0 Å². The summed E-state index contributed by atoms with van der Waals surface area (Å²) in [6, 6.07) is 2.42. The topological polar surface area (TPSA) is 42.0 Å². The van der Waals surface area contributed by atoms with E-state index >= 15 is 0 Å². The van der Waals surface area contributed by atoms with Crippen molar-refractivity contribution in [1.29, 1.82) is 0 Å². The van der Waals surface area contributed by atoms with E-state index < -0.39 is 36.4 Å². The van der Waals surface area contributed by atoms with E-state index in [0.717, 1.165) is 12.3 Å². The Labute approximate surface area is 89.7 Å². The summed E-state index contributed by atoms with van der Waals surface area (Å²) in [7, 11) is 0. The smallest absolute Gasteiger partial charge is 0.249 e. The molecule has 0 bridgehead atoms. The lowest BCUT2D eigenvalue weighted by molar-refractivity contribution is -0.145. The first-order valence-corrected chi connectivity index (χ1v) is 4.76. The third kappa shape index (κ3) is 2.32. The van der Waals surface area contributed by atoms with Crippen LogP contribution in [0.15, 0.2) is 18.3 Å². The highest BCUT2D eigenvalue weighted by Gasteiger charge is 2.48. The number of nitrogens with one attached hydrogen (secondary N) is 1. The molecular weight excluding hydrogens is 221 g/mol. The van der Waals surface area contributed by atoms with E-state index in [1.165, 1.54) is 6.07 Å². The zero-order valence-electron chi connectivity index (χ0n) is 8.21. The van der Waals surface area contributed by atoms with E-state index in [1.807, 2.05) is 0 Å². The van der Waals surface area contributed by atoms with Crippen molar-refractivity contribution >= 4 is 11.7 Å². The highest BCUT2D eigenvalue weighted by atomic mass is 19.3. The van der Waals surface area contributed by atoms with Gasteiger partial charge in [-0.3, -0.25) is 4.79 Å². The summed E-state index contributed by atoms with van der Waals surface area (Å²) in [5, 5.41) is 2.36. The first kappa shape index (κ1) is 10.9. The number of carbonyl (C=O) groups excluding carboxylic acids is 1. The van der Waals surface area contributed by atoms with E-state index in [4.69, 9.17) is 0 Å². The van der Waals surface area contributed by atoms with Crippen molar-refractivity contribution in [1.82, 2.24) is 4.98 Å². The molecule has 1 aliphatic carbocycles. The van der Waals surface area contributed by atoms with Crippen LogP contribution in [0.4, 0.5) is 19.0 Å². The Morgan fingerprint density at radius 1 is 1.44 bits per heavy atom. The Morgan fingerprint density at radius 2 is 2.12 bits per heavy atom. The molecule has 1 aliphatic rings. The molecule has 1 heterocycles. The minimum Gasteiger partial charge on any atom is -0.310 e. The van der Waals surface area contributed by atoms with Gasteiger partial charge in [-0.05, 0) is 12.1 Å². The minimum absolute atomic E-state index is 0.168. The number of pyridine rings is 1. The molecule has 3 nitrogen and oxygen atoms in total. The van der Waals surface area contributed by atoms with Crippen LogP contribution in [-0.2, 0) is 4.79 Å². The fraction of sp³-hybridized carbons (Fsp3) is 0.400. The number of nitrogens with zero attached hydrogens (tertiary/aromatic N) is 1. The second-order valence-electron chi connectivity index (χ2n) is 3.81. The van der Waals surface area contributed by atoms with Crippen LogP contribution in [0.1, 0.15) is 12.8 Å². The van der Waals surface area contributed by atoms with Crippen molar-refractivity contribution in [3.05, 3.63) is 24.1 Å². The molecule has 0 saturated heterocycles. The first-order valence-electron chi connectivity index (χ1n) is 4.76. The number of anilines is 1. The normalized spacial score (nSPS) is 18.9. The number of rotatable bonds is 2. The van der Waals surface area contributed by atoms with Gasteiger partial charge < -0.3 is 5.32 Å². The maximum atomic E-state index is 12.5. The lowest BCUT2D eigenvalue weighted by atomic mass is 9.81. The number of amides is 1. The Hall–Kier alpha value is -1.59. The Bertz CT molecular complexity index is 397. The highest BCUT2D eigenvalue weighted by molar-refractivity contribution is 5.92. The van der Waals surface area contributed by atoms with Crippen molar-refractivity contribution in [2.75, 3.05) is 5.32 Å². The van der Waals surface area contributed by atoms with Gasteiger partial charge in [-0.25, -0.2) is 18.2 Å². The summed E-state index contributed by atoms with van der Waals surface area (Å²) in [6.45, 7) is 0. The van der Waals surface area contributed by atoms with Crippen LogP contribution in [0.2, 0.25) is 0 Å². The maximum absolute atomic E-state index is 12.5. The second-order valence-corrected chi connectivity index (χ2v) is 3.81. The predicted molar refractivity (Wildman–Crippen MR) is 50.5 cm³/mol. The average molecular weight is 230 g/mol. The van der Waals surface area contributed by atoms with E-state index in [-0.39, 0.29) is 5.82 Å². The van der Waals surface area contributed by atoms with E-state index in [1.54, 1.807) is 0 Å². The van der Waals surface area contributed by atoms with Crippen molar-refractivity contribution in [3.8, 4) is 0 Å². The summed E-state index contributed by atoms with van der Waals surface area (Å²) in [4.78, 5) is 15.0. The monoisotopic (exact) mass is 230 g/mol. The molecule has 0 spiro atoms. The molecule has 1 aromatic rings. The summed E-state index contributed by atoms with van der Waals surface area (Å²) in [6.07, 6.45) is 0.0883. The summed E-state index contributed by atoms with van der Waals surface area (Å²) in [5.74, 6) is -4.25. The van der Waals surface area contributed by atoms with Crippen LogP contribution in [0, 0.1) is 11.7 Å². The van der Waals surface area contributed by atoms with Gasteiger partial charge in [0.1, 0.15) is 11.6 Å². The van der Waals surface area contributed by atoms with Gasteiger partial charge in [0.25, 0.3) is 0 Å². The largest absolute Gasteiger partial charge is 0.310 e. The molecule has 1 N–H and O–H groups in total. The third-order valence-electron chi connectivity index (χ3n) is 2.44. The molecule has 1 aromatic heterocycles. The number of hydrogen-bond acceptors (Lipinski definition) is 2. The molecule has 1 fully saturated rings. The molecule has 0 atom stereocenters. The lowest BCUT2D eigenvalue weighted by Crippen LogP contribution is -2.42. The minimum atomic E-state index is -2.72. The van der Waals surface area contributed by atoms with Crippen molar-refractivity contribution in [2.24, 2.45) is 5.92 Å². The molecule has 0 radical (unpaired) electrons. The molecule has 2 rings (SSSR count). The van der Waals surface area contributed by atoms with Gasteiger partial charge in [0.05, 0.1) is 6.20 Å². The van der Waals surface area contributed by atoms with Gasteiger partial charge in [-0.2, -0.15) is 0 Å². The Balaban J connectivity index is 1.91. The maximum Gasteiger partial charge on any atom is 0.249 e. The highest BCUT2D eigenvalue weighted by Crippen LogP contribution is 2.42. The van der Waals surface area contributed by atoms with Crippen LogP contribution >= 0.6 is 0 Å². The zero-order valence-corrected chi connectivity index (χ0v) is 8.21. The lowest BCUT2D eigenvalue weighted by Gasteiger charge is -2.33. The van der Waals surface area contributed by atoms with Crippen LogP contribution in [-0.4, -0.2) is 16.8 Å². The fourth-order valence-corrected chi connectivity index (χ4v) is 1.52. The second kappa shape index (κ2) is 3.77. The molecular formula is C10H9F3N2O. The van der Waals surface area contributed by atoms with E-state index in [0.29, 0.717) is 0 Å². The first-order chi connectivity index (χ1) is 7.46. The zero-order chi connectivity index (χ0) is 11.8. The summed E-state index contributed by atoms with van der Waals surface area (Å²) in [5.41, 5.74) is 0. The molecule has 1 amide bonds. The number of alkyl halides is 2. The standard InChI is InChI=1S/C10H9F3N2O/c11-7-1-2-8(14-5-7)15-9(16)6-3-10(12,13)4-6/h1-2,5-6H,3-4H2,(H,14,15,16). The summed E-state index contributed by atoms with van der Waals surface area (Å²) >= 11 is 0. The SMILES string of the molecule is O=C(Nc1ccc(F)cn1)C1CC(F)(F)C1. The van der Waals surface area contributed by atoms with E-state index in [2.05, 4.69) is 10.3 Å². The molecule has 16 heavy (non-hydrogen) atoms. The molecule has 86 valence electrons. The van der Waals surface area contributed by atoms with Crippen LogP contribution in [0.25, 0.3) is 0 Å². The van der Waals surface area contributed by atoms with Gasteiger partial charge in [0.2, 0.25) is 11.8 Å². The van der Waals surface area contributed by atoms with Gasteiger partial charge in [0.15, 0.2) is 0 Å². The van der Waals surface area contributed by atoms with Gasteiger partial charge in [-0.15, -0.1) is 0 Å². The Morgan fingerprint density at radius 3 is 2.62 bits per heavy atom. The fourth-order valence-electron chi connectivity index (χ4n) is 1.52. The van der Waals surface area contributed by atoms with Crippen LogP contribution in [0.3, 0.4) is 0 Å². The number of carbonyl (C=O) groups is 1. The number of aromatic nitrogens is 1. The Kier molecular flexibility index (Phi) is 2.57. The number of halogens is 3. The molecule has 0 unspecified atom stereocenters. The van der Waals surface area contributed by atoms with Crippen LogP contribution < -0.4 is 5.32 Å². The average Bonchev–Trinajstić information content (AvgIpc) is 2.18. The van der Waals surface area contributed by atoms with Gasteiger partial charge in [0, 0.05) is 18.8 Å². The molecule has 6 heteroatoms. The quantitative estimate of drug-likeness (QED) is 0.846. The third-order valence-corrected chi connectivity index (χ3v) is 2.44. The summed E-state index contributed by atoms with van der Waals surface area (Å²) < 4.78 is 37.5.